The van der Waals surface area contributed by atoms with E-state index >= 15 is 0 Å². The number of hydrogen-bond donors (Lipinski definition) is 0. The van der Waals surface area contributed by atoms with E-state index in [4.69, 9.17) is 0 Å². The van der Waals surface area contributed by atoms with Crippen LogP contribution in [0.25, 0.3) is 0 Å². The van der Waals surface area contributed by atoms with Gasteiger partial charge in [0.2, 0.25) is 5.91 Å². The van der Waals surface area contributed by atoms with E-state index in [2.05, 4.69) is 41.8 Å². The second-order valence-corrected chi connectivity index (χ2v) is 6.11. The summed E-state index contributed by atoms with van der Waals surface area (Å²) >= 11 is 1.77. The van der Waals surface area contributed by atoms with Crippen molar-refractivity contribution < 1.29 is 4.79 Å². The number of likely N-dealkylation sites (N-methyl/N-ethyl adjacent to an activating group) is 1. The Bertz CT molecular complexity index is 549. The molecule has 2 nitrogen and oxygen atoms in total. The van der Waals surface area contributed by atoms with Crippen molar-refractivity contribution in [1.29, 1.82) is 0 Å². The van der Waals surface area contributed by atoms with E-state index in [0.29, 0.717) is 12.3 Å². The number of benzene rings is 1. The van der Waals surface area contributed by atoms with Crippen molar-refractivity contribution in [1.82, 2.24) is 4.90 Å². The first-order valence-electron chi connectivity index (χ1n) is 6.58. The van der Waals surface area contributed by atoms with Crippen molar-refractivity contribution in [2.75, 3.05) is 7.05 Å². The summed E-state index contributed by atoms with van der Waals surface area (Å²) in [7, 11) is 1.93. The fourth-order valence-corrected chi connectivity index (χ4v) is 3.63. The highest BCUT2D eigenvalue weighted by Crippen LogP contribution is 2.35. The predicted molar refractivity (Wildman–Crippen MR) is 78.4 cm³/mol. The molecule has 1 aliphatic rings. The minimum atomic E-state index is 0.260. The van der Waals surface area contributed by atoms with Crippen LogP contribution in [0, 0.1) is 0 Å². The van der Waals surface area contributed by atoms with Gasteiger partial charge in [-0.2, -0.15) is 0 Å². The number of thiophene rings is 1. The summed E-state index contributed by atoms with van der Waals surface area (Å²) in [6, 6.07) is 14.9. The van der Waals surface area contributed by atoms with Crippen LogP contribution >= 0.6 is 11.3 Å². The summed E-state index contributed by atoms with van der Waals surface area (Å²) in [6.45, 7) is 0. The van der Waals surface area contributed by atoms with Gasteiger partial charge in [0.1, 0.15) is 0 Å². The van der Waals surface area contributed by atoms with Gasteiger partial charge in [0, 0.05) is 36.7 Å². The van der Waals surface area contributed by atoms with Gasteiger partial charge in [0.05, 0.1) is 0 Å². The molecule has 2 aromatic rings. The second-order valence-electron chi connectivity index (χ2n) is 5.08. The van der Waals surface area contributed by atoms with Gasteiger partial charge in [-0.05, 0) is 17.0 Å². The lowest BCUT2D eigenvalue weighted by molar-refractivity contribution is -0.127. The summed E-state index contributed by atoms with van der Waals surface area (Å²) in [5, 5.41) is 2.10. The third kappa shape index (κ3) is 2.43. The zero-order valence-corrected chi connectivity index (χ0v) is 11.8. The number of hydrogen-bond acceptors (Lipinski definition) is 2. The molecule has 0 N–H and O–H groups in total. The molecule has 19 heavy (non-hydrogen) atoms. The van der Waals surface area contributed by atoms with Crippen LogP contribution in [0.4, 0.5) is 0 Å². The smallest absolute Gasteiger partial charge is 0.223 e. The van der Waals surface area contributed by atoms with Gasteiger partial charge in [-0.15, -0.1) is 11.3 Å². The number of likely N-dealkylation sites (tertiary alicyclic amines) is 1. The molecule has 3 heteroatoms. The molecule has 0 radical (unpaired) electrons. The molecule has 2 atom stereocenters. The number of carbonyl (C=O) groups is 1. The number of rotatable bonds is 3. The van der Waals surface area contributed by atoms with Crippen molar-refractivity contribution >= 4 is 17.2 Å². The molecule has 3 rings (SSSR count). The number of carbonyl (C=O) groups excluding carboxylic acids is 1. The topological polar surface area (TPSA) is 20.3 Å². The van der Waals surface area contributed by atoms with Crippen molar-refractivity contribution in [3.8, 4) is 0 Å². The maximum absolute atomic E-state index is 12.0. The van der Waals surface area contributed by atoms with E-state index in [1.165, 1.54) is 10.4 Å². The first kappa shape index (κ1) is 12.4. The summed E-state index contributed by atoms with van der Waals surface area (Å²) in [5.41, 5.74) is 1.28. The first-order chi connectivity index (χ1) is 9.25. The molecule has 1 aromatic heterocycles. The summed E-state index contributed by atoms with van der Waals surface area (Å²) in [5.74, 6) is 0.580. The van der Waals surface area contributed by atoms with Gasteiger partial charge in [0.25, 0.3) is 0 Å². The maximum Gasteiger partial charge on any atom is 0.223 e. The van der Waals surface area contributed by atoms with Crippen LogP contribution in [0.3, 0.4) is 0 Å². The van der Waals surface area contributed by atoms with Crippen LogP contribution in [0.1, 0.15) is 22.8 Å². The van der Waals surface area contributed by atoms with Crippen LogP contribution < -0.4 is 0 Å². The van der Waals surface area contributed by atoms with E-state index in [1.807, 2.05) is 18.0 Å². The predicted octanol–water partition coefficient (Wildman–Crippen LogP) is 3.31. The van der Waals surface area contributed by atoms with Crippen LogP contribution in [0.15, 0.2) is 47.8 Å². The second kappa shape index (κ2) is 5.17. The lowest BCUT2D eigenvalue weighted by Crippen LogP contribution is -2.32. The zero-order chi connectivity index (χ0) is 13.2. The molecule has 98 valence electrons. The van der Waals surface area contributed by atoms with E-state index in [-0.39, 0.29) is 11.9 Å². The SMILES string of the molecule is CN1C(=O)CC(c2ccccc2)[C@@H]1Cc1cccs1. The Morgan fingerprint density at radius 2 is 2.00 bits per heavy atom. The molecule has 1 saturated heterocycles. The minimum absolute atomic E-state index is 0.260. The molecule has 0 aliphatic carbocycles. The van der Waals surface area contributed by atoms with Gasteiger partial charge >= 0.3 is 0 Å². The fourth-order valence-electron chi connectivity index (χ4n) is 2.88. The summed E-state index contributed by atoms with van der Waals surface area (Å²) in [6.07, 6.45) is 1.59. The highest BCUT2D eigenvalue weighted by molar-refractivity contribution is 7.09. The van der Waals surface area contributed by atoms with Gasteiger partial charge < -0.3 is 4.90 Å². The average molecular weight is 271 g/mol. The van der Waals surface area contributed by atoms with Crippen LogP contribution in [0.2, 0.25) is 0 Å². The van der Waals surface area contributed by atoms with E-state index in [0.717, 1.165) is 6.42 Å². The molecule has 2 heterocycles. The van der Waals surface area contributed by atoms with Gasteiger partial charge in [-0.3, -0.25) is 4.79 Å². The lowest BCUT2D eigenvalue weighted by Gasteiger charge is -2.24. The molecule has 1 unspecified atom stereocenters. The molecular weight excluding hydrogens is 254 g/mol. The first-order valence-corrected chi connectivity index (χ1v) is 7.46. The van der Waals surface area contributed by atoms with E-state index in [1.54, 1.807) is 11.3 Å². The normalized spacial score (nSPS) is 23.0. The quantitative estimate of drug-likeness (QED) is 0.838. The lowest BCUT2D eigenvalue weighted by atomic mass is 9.89. The molecular formula is C16H17NOS. The minimum Gasteiger partial charge on any atom is -0.342 e. The molecule has 1 aromatic carbocycles. The molecule has 0 bridgehead atoms. The van der Waals surface area contributed by atoms with Crippen LogP contribution in [-0.2, 0) is 11.2 Å². The summed E-state index contributed by atoms with van der Waals surface area (Å²) < 4.78 is 0. The summed E-state index contributed by atoms with van der Waals surface area (Å²) in [4.78, 5) is 15.3. The number of amides is 1. The van der Waals surface area contributed by atoms with Crippen molar-refractivity contribution in [2.45, 2.75) is 24.8 Å². The van der Waals surface area contributed by atoms with E-state index in [9.17, 15) is 4.79 Å². The molecule has 1 aliphatic heterocycles. The standard InChI is InChI=1S/C16H17NOS/c1-17-15(10-13-8-5-9-19-13)14(11-16(17)18)12-6-3-2-4-7-12/h2-9,14-15H,10-11H2,1H3/t14?,15-/m0/s1. The maximum atomic E-state index is 12.0. The van der Waals surface area contributed by atoms with Crippen molar-refractivity contribution in [3.63, 3.8) is 0 Å². The molecule has 0 spiro atoms. The van der Waals surface area contributed by atoms with Crippen LogP contribution in [0.5, 0.6) is 0 Å². The zero-order valence-electron chi connectivity index (χ0n) is 11.0. The van der Waals surface area contributed by atoms with Gasteiger partial charge in [0.15, 0.2) is 0 Å². The molecule has 0 saturated carbocycles. The Hall–Kier alpha value is -1.61. The largest absolute Gasteiger partial charge is 0.342 e. The van der Waals surface area contributed by atoms with E-state index < -0.39 is 0 Å². The fraction of sp³-hybridized carbons (Fsp3) is 0.312. The molecule has 1 amide bonds. The monoisotopic (exact) mass is 271 g/mol. The Morgan fingerprint density at radius 1 is 1.21 bits per heavy atom. The Morgan fingerprint density at radius 3 is 2.68 bits per heavy atom. The number of nitrogens with zero attached hydrogens (tertiary/aromatic N) is 1. The van der Waals surface area contributed by atoms with Crippen molar-refractivity contribution in [3.05, 3.63) is 58.3 Å². The average Bonchev–Trinajstić information content (AvgIpc) is 3.04. The van der Waals surface area contributed by atoms with Crippen LogP contribution in [-0.4, -0.2) is 23.9 Å². The third-order valence-electron chi connectivity index (χ3n) is 3.97. The Kier molecular flexibility index (Phi) is 3.38. The van der Waals surface area contributed by atoms with Crippen molar-refractivity contribution in [2.24, 2.45) is 0 Å². The Labute approximate surface area is 117 Å². The highest BCUT2D eigenvalue weighted by atomic mass is 32.1. The third-order valence-corrected chi connectivity index (χ3v) is 4.87. The van der Waals surface area contributed by atoms with Gasteiger partial charge in [-0.1, -0.05) is 36.4 Å². The Balaban J connectivity index is 1.87. The van der Waals surface area contributed by atoms with Gasteiger partial charge in [-0.25, -0.2) is 0 Å². The molecule has 1 fully saturated rings. The highest BCUT2D eigenvalue weighted by Gasteiger charge is 2.38.